The summed E-state index contributed by atoms with van der Waals surface area (Å²) >= 11 is 0. The van der Waals surface area contributed by atoms with E-state index in [1.54, 1.807) is 0 Å². The van der Waals surface area contributed by atoms with Crippen molar-refractivity contribution in [3.63, 3.8) is 0 Å². The van der Waals surface area contributed by atoms with Crippen LogP contribution in [0.1, 0.15) is 131 Å². The topological polar surface area (TPSA) is 46.2 Å². The normalized spacial score (nSPS) is 11.6. The Morgan fingerprint density at radius 2 is 0.806 bits per heavy atom. The minimum absolute atomic E-state index is 0.613. The van der Waals surface area contributed by atoms with E-state index in [0.717, 1.165) is 158 Å². The number of fused-ring (bicyclic) bond motifs is 8. The van der Waals surface area contributed by atoms with E-state index in [0.29, 0.717) is 33.0 Å². The molecule has 0 spiro atoms. The molecule has 5 heteroatoms. The molecule has 0 aliphatic heterocycles. The Kier molecular flexibility index (Phi) is 16.5. The predicted molar refractivity (Wildman–Crippen MR) is 265 cm³/mol. The zero-order valence-electron chi connectivity index (χ0n) is 38.3. The van der Waals surface area contributed by atoms with Crippen molar-refractivity contribution < 1.29 is 23.7 Å². The quantitative estimate of drug-likeness (QED) is 0.0309. The van der Waals surface area contributed by atoms with Gasteiger partial charge in [0.25, 0.3) is 0 Å². The standard InChI is InChI=1S/C57H70O5/c1-6-11-20-31-58-43-37-48-47-39-52(60-33-22-13-8-3)53(61-34-23-14-9-4)40-49(47)56-46(29-30-51(59-32-21-12-7-2)57(56)62-35-24-15-10-5)55(48)50(38-43)54-44-27-18-16-25-41(44)36-42-26-17-19-28-45(42)54/h16-19,25-30,36-40H,6-15,20-24,31-35H2,1-5H3. The molecule has 62 heavy (non-hydrogen) atoms. The molecule has 7 aromatic rings. The Morgan fingerprint density at radius 1 is 0.339 bits per heavy atom. The number of benzene rings is 7. The van der Waals surface area contributed by atoms with Crippen LogP contribution < -0.4 is 23.7 Å². The van der Waals surface area contributed by atoms with Gasteiger partial charge < -0.3 is 23.7 Å². The fourth-order valence-electron chi connectivity index (χ4n) is 8.88. The second-order valence-electron chi connectivity index (χ2n) is 17.0. The van der Waals surface area contributed by atoms with Gasteiger partial charge in [0.1, 0.15) is 5.75 Å². The second kappa shape index (κ2) is 22.8. The van der Waals surface area contributed by atoms with Crippen LogP contribution in [-0.4, -0.2) is 33.0 Å². The van der Waals surface area contributed by atoms with E-state index < -0.39 is 0 Å². The van der Waals surface area contributed by atoms with E-state index in [9.17, 15) is 0 Å². The van der Waals surface area contributed by atoms with Gasteiger partial charge in [-0.3, -0.25) is 0 Å². The van der Waals surface area contributed by atoms with Gasteiger partial charge in [-0.05, 0) is 134 Å². The van der Waals surface area contributed by atoms with E-state index in [1.807, 2.05) is 0 Å². The maximum atomic E-state index is 7.01. The molecule has 7 aromatic carbocycles. The Morgan fingerprint density at radius 3 is 1.35 bits per heavy atom. The molecule has 0 amide bonds. The molecule has 0 saturated heterocycles. The van der Waals surface area contributed by atoms with Gasteiger partial charge in [0.2, 0.25) is 0 Å². The summed E-state index contributed by atoms with van der Waals surface area (Å²) in [6.07, 6.45) is 16.2. The molecule has 0 N–H and O–H groups in total. The van der Waals surface area contributed by atoms with E-state index in [2.05, 4.69) is 126 Å². The lowest BCUT2D eigenvalue weighted by Crippen LogP contribution is -2.05. The molecule has 0 fully saturated rings. The summed E-state index contributed by atoms with van der Waals surface area (Å²) in [4.78, 5) is 0. The van der Waals surface area contributed by atoms with Crippen molar-refractivity contribution in [1.82, 2.24) is 0 Å². The maximum Gasteiger partial charge on any atom is 0.169 e. The smallest absolute Gasteiger partial charge is 0.169 e. The Labute approximate surface area is 371 Å². The first kappa shape index (κ1) is 44.9. The van der Waals surface area contributed by atoms with Crippen LogP contribution in [0.4, 0.5) is 0 Å². The summed E-state index contributed by atoms with van der Waals surface area (Å²) < 4.78 is 33.9. The number of unbranched alkanes of at least 4 members (excludes halogenated alkanes) is 10. The first-order chi connectivity index (χ1) is 30.6. The van der Waals surface area contributed by atoms with Crippen LogP contribution >= 0.6 is 0 Å². The van der Waals surface area contributed by atoms with E-state index in [1.165, 1.54) is 32.5 Å². The Bertz CT molecular complexity index is 2480. The van der Waals surface area contributed by atoms with Crippen LogP contribution in [0.3, 0.4) is 0 Å². The molecule has 0 saturated carbocycles. The van der Waals surface area contributed by atoms with Crippen molar-refractivity contribution in [2.45, 2.75) is 131 Å². The van der Waals surface area contributed by atoms with Crippen molar-refractivity contribution in [2.75, 3.05) is 33.0 Å². The van der Waals surface area contributed by atoms with Crippen molar-refractivity contribution in [3.8, 4) is 39.9 Å². The van der Waals surface area contributed by atoms with Gasteiger partial charge in [0.15, 0.2) is 23.0 Å². The summed E-state index contributed by atoms with van der Waals surface area (Å²) in [5.74, 6) is 4.05. The molecule has 0 unspecified atom stereocenters. The number of rotatable bonds is 26. The molecular formula is C57H70O5. The van der Waals surface area contributed by atoms with Crippen LogP contribution in [0.5, 0.6) is 28.7 Å². The predicted octanol–water partition coefficient (Wildman–Crippen LogP) is 17.0. The maximum absolute atomic E-state index is 7.01. The molecule has 5 nitrogen and oxygen atoms in total. The van der Waals surface area contributed by atoms with Crippen LogP contribution in [0.25, 0.3) is 65.0 Å². The van der Waals surface area contributed by atoms with Crippen LogP contribution in [0.15, 0.2) is 91.0 Å². The SMILES string of the molecule is CCCCCOc1cc(-c2c3ccccc3cc3ccccc23)c2c(c1)c1cc(OCCCCC)c(OCCCCC)cc1c1c(OCCCCC)c(OCCCCC)ccc21. The molecule has 328 valence electrons. The van der Waals surface area contributed by atoms with Crippen molar-refractivity contribution in [3.05, 3.63) is 91.0 Å². The van der Waals surface area contributed by atoms with Crippen molar-refractivity contribution >= 4 is 53.9 Å². The summed E-state index contributed by atoms with van der Waals surface area (Å²) in [6.45, 7) is 14.4. The lowest BCUT2D eigenvalue weighted by Gasteiger charge is -2.23. The molecular weight excluding hydrogens is 765 g/mol. The highest BCUT2D eigenvalue weighted by Crippen LogP contribution is 2.51. The number of hydrogen-bond acceptors (Lipinski definition) is 5. The monoisotopic (exact) mass is 835 g/mol. The van der Waals surface area contributed by atoms with Gasteiger partial charge in [-0.2, -0.15) is 0 Å². The van der Waals surface area contributed by atoms with E-state index in [-0.39, 0.29) is 0 Å². The third-order valence-corrected chi connectivity index (χ3v) is 12.2. The minimum atomic E-state index is 0.613. The third kappa shape index (κ3) is 10.4. The molecule has 0 heterocycles. The lowest BCUT2D eigenvalue weighted by molar-refractivity contribution is 0.260. The summed E-state index contributed by atoms with van der Waals surface area (Å²) in [6, 6.07) is 33.5. The zero-order valence-corrected chi connectivity index (χ0v) is 38.3. The third-order valence-electron chi connectivity index (χ3n) is 12.2. The van der Waals surface area contributed by atoms with Gasteiger partial charge in [0, 0.05) is 5.39 Å². The lowest BCUT2D eigenvalue weighted by atomic mass is 9.85. The van der Waals surface area contributed by atoms with Crippen LogP contribution in [0.2, 0.25) is 0 Å². The van der Waals surface area contributed by atoms with Crippen molar-refractivity contribution in [1.29, 1.82) is 0 Å². The average molecular weight is 835 g/mol. The zero-order chi connectivity index (χ0) is 43.1. The summed E-state index contributed by atoms with van der Waals surface area (Å²) in [5, 5.41) is 11.5. The minimum Gasteiger partial charge on any atom is -0.494 e. The molecule has 0 aromatic heterocycles. The number of hydrogen-bond donors (Lipinski definition) is 0. The molecule has 0 aliphatic rings. The first-order valence-corrected chi connectivity index (χ1v) is 24.2. The van der Waals surface area contributed by atoms with Gasteiger partial charge in [0.05, 0.1) is 33.0 Å². The van der Waals surface area contributed by atoms with Crippen LogP contribution in [-0.2, 0) is 0 Å². The summed E-state index contributed by atoms with van der Waals surface area (Å²) in [7, 11) is 0. The molecule has 0 radical (unpaired) electrons. The second-order valence-corrected chi connectivity index (χ2v) is 17.0. The Balaban J connectivity index is 1.62. The molecule has 0 bridgehead atoms. The van der Waals surface area contributed by atoms with E-state index in [4.69, 9.17) is 23.7 Å². The van der Waals surface area contributed by atoms with E-state index >= 15 is 0 Å². The molecule has 0 atom stereocenters. The fraction of sp³-hybridized carbons (Fsp3) is 0.439. The van der Waals surface area contributed by atoms with Crippen molar-refractivity contribution in [2.24, 2.45) is 0 Å². The largest absolute Gasteiger partial charge is 0.494 e. The summed E-state index contributed by atoms with van der Waals surface area (Å²) in [5.41, 5.74) is 2.35. The molecule has 0 aliphatic carbocycles. The average Bonchev–Trinajstić information content (AvgIpc) is 3.30. The van der Waals surface area contributed by atoms with Gasteiger partial charge >= 0.3 is 0 Å². The van der Waals surface area contributed by atoms with Gasteiger partial charge in [-0.25, -0.2) is 0 Å². The van der Waals surface area contributed by atoms with Crippen LogP contribution in [0, 0.1) is 0 Å². The highest BCUT2D eigenvalue weighted by atomic mass is 16.5. The fourth-order valence-corrected chi connectivity index (χ4v) is 8.88. The first-order valence-electron chi connectivity index (χ1n) is 24.2. The Hall–Kier alpha value is -5.16. The number of ether oxygens (including phenoxy) is 5. The van der Waals surface area contributed by atoms with Gasteiger partial charge in [-0.1, -0.05) is 147 Å². The highest BCUT2D eigenvalue weighted by molar-refractivity contribution is 6.32. The van der Waals surface area contributed by atoms with Gasteiger partial charge in [-0.15, -0.1) is 0 Å². The highest BCUT2D eigenvalue weighted by Gasteiger charge is 2.24. The molecule has 7 rings (SSSR count).